The predicted molar refractivity (Wildman–Crippen MR) is 105 cm³/mol. The zero-order valence-corrected chi connectivity index (χ0v) is 15.3. The van der Waals surface area contributed by atoms with Crippen molar-refractivity contribution in [2.24, 2.45) is 0 Å². The molecule has 0 aromatic heterocycles. The fraction of sp³-hybridized carbons (Fsp3) is 0.0909. The molecule has 6 nitrogen and oxygen atoms in total. The first-order valence-electron chi connectivity index (χ1n) is 8.67. The zero-order valence-electron chi connectivity index (χ0n) is 15.3. The Morgan fingerprint density at radius 2 is 1.39 bits per heavy atom. The Labute approximate surface area is 163 Å². The van der Waals surface area contributed by atoms with E-state index in [0.29, 0.717) is 23.5 Å². The van der Waals surface area contributed by atoms with Crippen molar-refractivity contribution in [2.75, 3.05) is 7.11 Å². The van der Waals surface area contributed by atoms with Gasteiger partial charge >= 0.3 is 0 Å². The van der Waals surface area contributed by atoms with Gasteiger partial charge in [0.05, 0.1) is 7.11 Å². The van der Waals surface area contributed by atoms with Crippen LogP contribution in [0.5, 0.6) is 11.5 Å². The zero-order chi connectivity index (χ0) is 19.8. The molecule has 28 heavy (non-hydrogen) atoms. The number of hydrogen-bond acceptors (Lipinski definition) is 4. The van der Waals surface area contributed by atoms with Crippen molar-refractivity contribution < 1.29 is 19.1 Å². The molecule has 0 atom stereocenters. The molecular formula is C22H20N2O4. The number of amides is 2. The minimum atomic E-state index is -0.430. The van der Waals surface area contributed by atoms with Gasteiger partial charge in [-0.2, -0.15) is 0 Å². The number of nitrogens with one attached hydrogen (secondary N) is 2. The van der Waals surface area contributed by atoms with Crippen LogP contribution in [-0.2, 0) is 6.61 Å². The number of para-hydroxylation sites is 1. The van der Waals surface area contributed by atoms with Crippen LogP contribution in [0.4, 0.5) is 0 Å². The second kappa shape index (κ2) is 9.23. The van der Waals surface area contributed by atoms with Crippen molar-refractivity contribution >= 4 is 11.8 Å². The molecule has 0 aliphatic carbocycles. The first-order chi connectivity index (χ1) is 13.7. The van der Waals surface area contributed by atoms with Crippen LogP contribution in [0, 0.1) is 0 Å². The van der Waals surface area contributed by atoms with Crippen LogP contribution in [0.15, 0.2) is 78.9 Å². The maximum atomic E-state index is 12.2. The van der Waals surface area contributed by atoms with Gasteiger partial charge in [-0.3, -0.25) is 20.4 Å². The molecule has 6 heteroatoms. The van der Waals surface area contributed by atoms with E-state index in [2.05, 4.69) is 10.9 Å². The third-order valence-electron chi connectivity index (χ3n) is 3.99. The summed E-state index contributed by atoms with van der Waals surface area (Å²) in [5, 5.41) is 0. The van der Waals surface area contributed by atoms with E-state index in [9.17, 15) is 9.59 Å². The van der Waals surface area contributed by atoms with Crippen molar-refractivity contribution in [3.05, 3.63) is 95.6 Å². The van der Waals surface area contributed by atoms with Crippen LogP contribution in [0.25, 0.3) is 0 Å². The molecule has 0 radical (unpaired) electrons. The number of carbonyl (C=O) groups is 2. The lowest BCUT2D eigenvalue weighted by Crippen LogP contribution is -2.41. The highest BCUT2D eigenvalue weighted by atomic mass is 16.5. The molecule has 3 aromatic rings. The van der Waals surface area contributed by atoms with Gasteiger partial charge < -0.3 is 9.47 Å². The first kappa shape index (κ1) is 19.0. The molecule has 0 saturated heterocycles. The standard InChI is InChI=1S/C22H20N2O4/c1-27-20-9-5-6-18(14-20)22(26)24-23-21(25)17-12-10-16(11-13-17)15-28-19-7-3-2-4-8-19/h2-14H,15H2,1H3,(H,23,25)(H,24,26). The summed E-state index contributed by atoms with van der Waals surface area (Å²) in [7, 11) is 1.52. The third kappa shape index (κ3) is 5.11. The quantitative estimate of drug-likeness (QED) is 0.647. The number of rotatable bonds is 6. The lowest BCUT2D eigenvalue weighted by molar-refractivity contribution is 0.0846. The summed E-state index contributed by atoms with van der Waals surface area (Å²) in [5.41, 5.74) is 6.53. The topological polar surface area (TPSA) is 76.7 Å². The number of hydrogen-bond donors (Lipinski definition) is 2. The molecule has 0 aliphatic rings. The smallest absolute Gasteiger partial charge is 0.269 e. The predicted octanol–water partition coefficient (Wildman–Crippen LogP) is 3.35. The number of methoxy groups -OCH3 is 1. The average Bonchev–Trinajstić information content (AvgIpc) is 2.77. The second-order valence-electron chi connectivity index (χ2n) is 5.94. The summed E-state index contributed by atoms with van der Waals surface area (Å²) in [4.78, 5) is 24.3. The summed E-state index contributed by atoms with van der Waals surface area (Å²) >= 11 is 0. The molecule has 2 N–H and O–H groups in total. The molecule has 0 spiro atoms. The van der Waals surface area contributed by atoms with Gasteiger partial charge in [0.25, 0.3) is 11.8 Å². The Bertz CT molecular complexity index is 940. The molecular weight excluding hydrogens is 356 g/mol. The SMILES string of the molecule is COc1cccc(C(=O)NNC(=O)c2ccc(COc3ccccc3)cc2)c1. The van der Waals surface area contributed by atoms with E-state index in [0.717, 1.165) is 11.3 Å². The van der Waals surface area contributed by atoms with E-state index < -0.39 is 11.8 Å². The van der Waals surface area contributed by atoms with Gasteiger partial charge in [-0.15, -0.1) is 0 Å². The lowest BCUT2D eigenvalue weighted by atomic mass is 10.1. The van der Waals surface area contributed by atoms with Gasteiger partial charge in [-0.25, -0.2) is 0 Å². The van der Waals surface area contributed by atoms with Crippen LogP contribution in [0.2, 0.25) is 0 Å². The number of ether oxygens (including phenoxy) is 2. The fourth-order valence-corrected chi connectivity index (χ4v) is 2.46. The van der Waals surface area contributed by atoms with Crippen LogP contribution in [-0.4, -0.2) is 18.9 Å². The van der Waals surface area contributed by atoms with Crippen LogP contribution in [0.3, 0.4) is 0 Å². The van der Waals surface area contributed by atoms with E-state index in [1.807, 2.05) is 42.5 Å². The highest BCUT2D eigenvalue weighted by Gasteiger charge is 2.10. The summed E-state index contributed by atoms with van der Waals surface area (Å²) in [6.07, 6.45) is 0. The number of benzene rings is 3. The van der Waals surface area contributed by atoms with Crippen molar-refractivity contribution in [1.82, 2.24) is 10.9 Å². The molecule has 0 bridgehead atoms. The maximum Gasteiger partial charge on any atom is 0.269 e. The van der Waals surface area contributed by atoms with Crippen LogP contribution >= 0.6 is 0 Å². The fourth-order valence-electron chi connectivity index (χ4n) is 2.46. The summed E-state index contributed by atoms with van der Waals surface area (Å²) in [6.45, 7) is 0.401. The van der Waals surface area contributed by atoms with Crippen molar-refractivity contribution in [3.8, 4) is 11.5 Å². The summed E-state index contributed by atoms with van der Waals surface area (Å²) < 4.78 is 10.8. The average molecular weight is 376 g/mol. The Morgan fingerprint density at radius 3 is 2.07 bits per heavy atom. The van der Waals surface area contributed by atoms with Gasteiger partial charge in [-0.05, 0) is 48.0 Å². The normalized spacial score (nSPS) is 10.0. The van der Waals surface area contributed by atoms with E-state index in [-0.39, 0.29) is 0 Å². The Morgan fingerprint density at radius 1 is 0.750 bits per heavy atom. The van der Waals surface area contributed by atoms with Gasteiger partial charge in [0.1, 0.15) is 18.1 Å². The molecule has 142 valence electrons. The molecule has 0 heterocycles. The Kier molecular flexibility index (Phi) is 6.25. The van der Waals surface area contributed by atoms with Gasteiger partial charge in [0.15, 0.2) is 0 Å². The van der Waals surface area contributed by atoms with Gasteiger partial charge in [-0.1, -0.05) is 36.4 Å². The minimum Gasteiger partial charge on any atom is -0.497 e. The van der Waals surface area contributed by atoms with Crippen molar-refractivity contribution in [2.45, 2.75) is 6.61 Å². The third-order valence-corrected chi connectivity index (χ3v) is 3.99. The largest absolute Gasteiger partial charge is 0.497 e. The molecule has 0 fully saturated rings. The summed E-state index contributed by atoms with van der Waals surface area (Å²) in [5.74, 6) is 0.503. The summed E-state index contributed by atoms with van der Waals surface area (Å²) in [6, 6.07) is 23.1. The van der Waals surface area contributed by atoms with E-state index in [1.54, 1.807) is 36.4 Å². The Balaban J connectivity index is 1.52. The van der Waals surface area contributed by atoms with Crippen molar-refractivity contribution in [1.29, 1.82) is 0 Å². The van der Waals surface area contributed by atoms with Gasteiger partial charge in [0, 0.05) is 11.1 Å². The first-order valence-corrected chi connectivity index (χ1v) is 8.67. The lowest BCUT2D eigenvalue weighted by Gasteiger charge is -2.09. The second-order valence-corrected chi connectivity index (χ2v) is 5.94. The maximum absolute atomic E-state index is 12.2. The molecule has 3 rings (SSSR count). The molecule has 0 unspecified atom stereocenters. The Hall–Kier alpha value is -3.80. The number of carbonyl (C=O) groups excluding carboxylic acids is 2. The van der Waals surface area contributed by atoms with E-state index in [4.69, 9.17) is 9.47 Å². The minimum absolute atomic E-state index is 0.382. The monoisotopic (exact) mass is 376 g/mol. The van der Waals surface area contributed by atoms with Gasteiger partial charge in [0.2, 0.25) is 0 Å². The molecule has 3 aromatic carbocycles. The van der Waals surface area contributed by atoms with Crippen molar-refractivity contribution in [3.63, 3.8) is 0 Å². The van der Waals surface area contributed by atoms with Crippen LogP contribution in [0.1, 0.15) is 26.3 Å². The highest BCUT2D eigenvalue weighted by Crippen LogP contribution is 2.13. The van der Waals surface area contributed by atoms with E-state index in [1.165, 1.54) is 7.11 Å². The van der Waals surface area contributed by atoms with E-state index >= 15 is 0 Å². The van der Waals surface area contributed by atoms with Crippen LogP contribution < -0.4 is 20.3 Å². The molecule has 2 amide bonds. The highest BCUT2D eigenvalue weighted by molar-refractivity contribution is 5.99. The molecule has 0 aliphatic heterocycles. The number of hydrazine groups is 1. The molecule has 0 saturated carbocycles.